The van der Waals surface area contributed by atoms with Gasteiger partial charge in [0, 0.05) is 23.1 Å². The van der Waals surface area contributed by atoms with Gasteiger partial charge in [0.15, 0.2) is 0 Å². The Bertz CT molecular complexity index is 1070. The SMILES string of the molecule is Cc1ccc(Cn2ccn(CC(=O)Nc3ccc(Cl)cc3)c(=O)c2=O)cc1. The van der Waals surface area contributed by atoms with Crippen LogP contribution in [0, 0.1) is 6.92 Å². The van der Waals surface area contributed by atoms with Crippen LogP contribution in [0.5, 0.6) is 0 Å². The van der Waals surface area contributed by atoms with Crippen molar-refractivity contribution in [3.63, 3.8) is 0 Å². The molecular weight excluding hydrogens is 366 g/mol. The van der Waals surface area contributed by atoms with E-state index >= 15 is 0 Å². The van der Waals surface area contributed by atoms with Gasteiger partial charge in [-0.2, -0.15) is 0 Å². The first kappa shape index (κ1) is 18.7. The summed E-state index contributed by atoms with van der Waals surface area (Å²) < 4.78 is 2.43. The molecule has 6 nitrogen and oxygen atoms in total. The molecule has 0 aliphatic heterocycles. The van der Waals surface area contributed by atoms with Crippen LogP contribution >= 0.6 is 11.6 Å². The molecule has 0 aliphatic carbocycles. The molecule has 0 radical (unpaired) electrons. The lowest BCUT2D eigenvalue weighted by Gasteiger charge is -2.10. The Morgan fingerprint density at radius 1 is 0.926 bits per heavy atom. The van der Waals surface area contributed by atoms with E-state index in [0.717, 1.165) is 15.7 Å². The zero-order chi connectivity index (χ0) is 19.4. The molecule has 138 valence electrons. The highest BCUT2D eigenvalue weighted by Gasteiger charge is 2.09. The Balaban J connectivity index is 1.73. The molecule has 0 fully saturated rings. The van der Waals surface area contributed by atoms with Crippen LogP contribution in [-0.4, -0.2) is 15.0 Å². The van der Waals surface area contributed by atoms with E-state index in [9.17, 15) is 14.4 Å². The molecule has 3 rings (SSSR count). The summed E-state index contributed by atoms with van der Waals surface area (Å²) in [5.74, 6) is -0.407. The fourth-order valence-electron chi connectivity index (χ4n) is 2.57. The van der Waals surface area contributed by atoms with Gasteiger partial charge in [0.05, 0.1) is 6.54 Å². The van der Waals surface area contributed by atoms with Gasteiger partial charge in [-0.1, -0.05) is 41.4 Å². The number of aryl methyl sites for hydroxylation is 1. The molecule has 1 amide bonds. The van der Waals surface area contributed by atoms with E-state index in [0.29, 0.717) is 17.3 Å². The summed E-state index contributed by atoms with van der Waals surface area (Å²) in [5, 5.41) is 3.21. The number of halogens is 1. The highest BCUT2D eigenvalue weighted by atomic mass is 35.5. The van der Waals surface area contributed by atoms with Gasteiger partial charge in [0.2, 0.25) is 5.91 Å². The Morgan fingerprint density at radius 3 is 2.19 bits per heavy atom. The first-order chi connectivity index (χ1) is 12.9. The first-order valence-electron chi connectivity index (χ1n) is 8.33. The van der Waals surface area contributed by atoms with Crippen molar-refractivity contribution >= 4 is 23.2 Å². The minimum Gasteiger partial charge on any atom is -0.325 e. The lowest BCUT2D eigenvalue weighted by Crippen LogP contribution is -2.42. The number of nitrogens with zero attached hydrogens (tertiary/aromatic N) is 2. The molecule has 3 aromatic rings. The molecule has 0 bridgehead atoms. The number of aromatic nitrogens is 2. The minimum atomic E-state index is -0.740. The number of benzene rings is 2. The van der Waals surface area contributed by atoms with Gasteiger partial charge < -0.3 is 9.88 Å². The third-order valence-electron chi connectivity index (χ3n) is 4.05. The van der Waals surface area contributed by atoms with E-state index in [1.54, 1.807) is 24.3 Å². The van der Waals surface area contributed by atoms with Gasteiger partial charge >= 0.3 is 11.1 Å². The van der Waals surface area contributed by atoms with Crippen LogP contribution in [0.3, 0.4) is 0 Å². The zero-order valence-electron chi connectivity index (χ0n) is 14.7. The molecular formula is C20H18ClN3O3. The minimum absolute atomic E-state index is 0.248. The number of carbonyl (C=O) groups excluding carboxylic acids is 1. The number of amides is 1. The largest absolute Gasteiger partial charge is 0.325 e. The van der Waals surface area contributed by atoms with E-state index in [-0.39, 0.29) is 6.54 Å². The molecule has 1 heterocycles. The maximum Gasteiger partial charge on any atom is 0.316 e. The second-order valence-electron chi connectivity index (χ2n) is 6.20. The highest BCUT2D eigenvalue weighted by Crippen LogP contribution is 2.13. The monoisotopic (exact) mass is 383 g/mol. The maximum absolute atomic E-state index is 12.3. The standard InChI is InChI=1S/C20H18ClN3O3/c1-14-2-4-15(5-3-14)12-23-10-11-24(20(27)19(23)26)13-18(25)22-17-8-6-16(21)7-9-17/h2-11H,12-13H2,1H3,(H,22,25). The Morgan fingerprint density at radius 2 is 1.52 bits per heavy atom. The molecule has 27 heavy (non-hydrogen) atoms. The fourth-order valence-corrected chi connectivity index (χ4v) is 2.70. The Hall–Kier alpha value is -3.12. The van der Waals surface area contributed by atoms with Gasteiger partial charge in [-0.3, -0.25) is 19.0 Å². The number of hydrogen-bond donors (Lipinski definition) is 1. The highest BCUT2D eigenvalue weighted by molar-refractivity contribution is 6.30. The van der Waals surface area contributed by atoms with Crippen LogP contribution in [-0.2, 0) is 17.9 Å². The second kappa shape index (κ2) is 8.05. The van der Waals surface area contributed by atoms with Crippen molar-refractivity contribution in [2.24, 2.45) is 0 Å². The molecule has 0 spiro atoms. The maximum atomic E-state index is 12.3. The predicted molar refractivity (Wildman–Crippen MR) is 105 cm³/mol. The second-order valence-corrected chi connectivity index (χ2v) is 6.64. The number of nitrogens with one attached hydrogen (secondary N) is 1. The van der Waals surface area contributed by atoms with Gasteiger partial charge in [-0.25, -0.2) is 0 Å². The molecule has 7 heteroatoms. The Kier molecular flexibility index (Phi) is 5.57. The quantitative estimate of drug-likeness (QED) is 0.688. The third kappa shape index (κ3) is 4.74. The number of carbonyl (C=O) groups is 1. The fraction of sp³-hybridized carbons (Fsp3) is 0.150. The Labute approximate surface area is 160 Å². The lowest BCUT2D eigenvalue weighted by molar-refractivity contribution is -0.116. The summed E-state index contributed by atoms with van der Waals surface area (Å²) in [6.07, 6.45) is 2.96. The normalized spacial score (nSPS) is 10.6. The predicted octanol–water partition coefficient (Wildman–Crippen LogP) is 2.66. The molecule has 0 aliphatic rings. The van der Waals surface area contributed by atoms with Crippen LogP contribution in [0.4, 0.5) is 5.69 Å². The molecule has 1 aromatic heterocycles. The van der Waals surface area contributed by atoms with E-state index in [2.05, 4.69) is 5.32 Å². The summed E-state index contributed by atoms with van der Waals surface area (Å²) >= 11 is 5.80. The van der Waals surface area contributed by atoms with Crippen LogP contribution in [0.1, 0.15) is 11.1 Å². The third-order valence-corrected chi connectivity index (χ3v) is 4.30. The van der Waals surface area contributed by atoms with Crippen LogP contribution < -0.4 is 16.4 Å². The van der Waals surface area contributed by atoms with E-state index in [4.69, 9.17) is 11.6 Å². The van der Waals surface area contributed by atoms with Crippen molar-refractivity contribution in [2.75, 3.05) is 5.32 Å². The van der Waals surface area contributed by atoms with E-state index in [1.807, 2.05) is 31.2 Å². The number of hydrogen-bond acceptors (Lipinski definition) is 3. The number of anilines is 1. The van der Waals surface area contributed by atoms with Gasteiger partial charge in [0.1, 0.15) is 6.54 Å². The molecule has 0 saturated carbocycles. The van der Waals surface area contributed by atoms with Crippen molar-refractivity contribution in [3.05, 3.63) is 97.8 Å². The van der Waals surface area contributed by atoms with Crippen LogP contribution in [0.2, 0.25) is 5.02 Å². The molecule has 1 N–H and O–H groups in total. The van der Waals surface area contributed by atoms with Crippen molar-refractivity contribution in [2.45, 2.75) is 20.0 Å². The molecule has 0 atom stereocenters. The average Bonchev–Trinajstić information content (AvgIpc) is 2.65. The summed E-state index contributed by atoms with van der Waals surface area (Å²) in [7, 11) is 0. The summed E-state index contributed by atoms with van der Waals surface area (Å²) in [5.41, 5.74) is 1.19. The molecule has 2 aromatic carbocycles. The van der Waals surface area contributed by atoms with Crippen molar-refractivity contribution in [1.29, 1.82) is 0 Å². The van der Waals surface area contributed by atoms with Gasteiger partial charge in [0.25, 0.3) is 0 Å². The zero-order valence-corrected chi connectivity index (χ0v) is 15.4. The summed E-state index contributed by atoms with van der Waals surface area (Å²) in [4.78, 5) is 36.7. The number of rotatable bonds is 5. The smallest absolute Gasteiger partial charge is 0.316 e. The van der Waals surface area contributed by atoms with Gasteiger partial charge in [-0.15, -0.1) is 0 Å². The van der Waals surface area contributed by atoms with Crippen molar-refractivity contribution in [3.8, 4) is 0 Å². The van der Waals surface area contributed by atoms with Crippen LogP contribution in [0.25, 0.3) is 0 Å². The summed E-state index contributed by atoms with van der Waals surface area (Å²) in [6, 6.07) is 14.3. The average molecular weight is 384 g/mol. The first-order valence-corrected chi connectivity index (χ1v) is 8.71. The van der Waals surface area contributed by atoms with Gasteiger partial charge in [-0.05, 0) is 36.8 Å². The topological polar surface area (TPSA) is 73.1 Å². The van der Waals surface area contributed by atoms with Crippen LogP contribution in [0.15, 0.2) is 70.5 Å². The molecule has 0 unspecified atom stereocenters. The van der Waals surface area contributed by atoms with Crippen molar-refractivity contribution in [1.82, 2.24) is 9.13 Å². The van der Waals surface area contributed by atoms with E-state index < -0.39 is 17.0 Å². The van der Waals surface area contributed by atoms with E-state index in [1.165, 1.54) is 17.0 Å². The van der Waals surface area contributed by atoms with Crippen molar-refractivity contribution < 1.29 is 4.79 Å². The molecule has 0 saturated heterocycles. The summed E-state index contributed by atoms with van der Waals surface area (Å²) in [6.45, 7) is 2.03. The lowest BCUT2D eigenvalue weighted by atomic mass is 10.1.